The van der Waals surface area contributed by atoms with Gasteiger partial charge in [0.2, 0.25) is 0 Å². The number of halogens is 1. The number of rotatable bonds is 5. The number of hydrogen-bond acceptors (Lipinski definition) is 4. The molecule has 0 heterocycles. The van der Waals surface area contributed by atoms with Crippen molar-refractivity contribution < 1.29 is 17.9 Å². The summed E-state index contributed by atoms with van der Waals surface area (Å²) in [4.78, 5) is 11.5. The van der Waals surface area contributed by atoms with E-state index in [-0.39, 0.29) is 21.2 Å². The fourth-order valence-electron chi connectivity index (χ4n) is 1.92. The highest BCUT2D eigenvalue weighted by Gasteiger charge is 2.21. The van der Waals surface area contributed by atoms with Gasteiger partial charge in [0.15, 0.2) is 0 Å². The van der Waals surface area contributed by atoms with Crippen LogP contribution in [-0.2, 0) is 10.0 Å². The third-order valence-electron chi connectivity index (χ3n) is 3.06. The first kappa shape index (κ1) is 17.1. The topological polar surface area (TPSA) is 84.5 Å². The fourth-order valence-corrected chi connectivity index (χ4v) is 3.52. The molecule has 0 radical (unpaired) electrons. The van der Waals surface area contributed by atoms with Gasteiger partial charge >= 0.3 is 0 Å². The minimum atomic E-state index is -3.98. The van der Waals surface area contributed by atoms with Crippen LogP contribution in [0.1, 0.15) is 10.4 Å². The van der Waals surface area contributed by atoms with Gasteiger partial charge in [0.25, 0.3) is 15.9 Å². The van der Waals surface area contributed by atoms with E-state index in [4.69, 9.17) is 16.3 Å². The molecule has 0 fully saturated rings. The number of amides is 1. The molecule has 6 nitrogen and oxygen atoms in total. The lowest BCUT2D eigenvalue weighted by Gasteiger charge is -2.13. The Labute approximate surface area is 139 Å². The molecule has 0 unspecified atom stereocenters. The van der Waals surface area contributed by atoms with Crippen LogP contribution in [0.4, 0.5) is 5.69 Å². The van der Waals surface area contributed by atoms with E-state index in [1.807, 2.05) is 0 Å². The Morgan fingerprint density at radius 1 is 1.17 bits per heavy atom. The van der Waals surface area contributed by atoms with Crippen LogP contribution in [0.15, 0.2) is 47.4 Å². The third kappa shape index (κ3) is 3.75. The van der Waals surface area contributed by atoms with E-state index in [0.29, 0.717) is 5.75 Å². The van der Waals surface area contributed by atoms with Gasteiger partial charge in [0, 0.05) is 12.6 Å². The molecule has 23 heavy (non-hydrogen) atoms. The number of carbonyl (C=O) groups excluding carboxylic acids is 1. The Bertz CT molecular complexity index is 837. The second-order valence-corrected chi connectivity index (χ2v) is 6.59. The van der Waals surface area contributed by atoms with Crippen molar-refractivity contribution in [3.05, 3.63) is 53.1 Å². The number of sulfonamides is 1. The summed E-state index contributed by atoms with van der Waals surface area (Å²) in [6.07, 6.45) is 0. The molecule has 0 bridgehead atoms. The second kappa shape index (κ2) is 6.89. The van der Waals surface area contributed by atoms with Crippen molar-refractivity contribution in [1.82, 2.24) is 5.32 Å². The molecule has 2 aromatic rings. The minimum Gasteiger partial charge on any atom is -0.495 e. The minimum absolute atomic E-state index is 0.0139. The predicted octanol–water partition coefficient (Wildman–Crippen LogP) is 2.51. The molecular formula is C15H15ClN2O4S. The van der Waals surface area contributed by atoms with Gasteiger partial charge in [-0.15, -0.1) is 0 Å². The Morgan fingerprint density at radius 2 is 1.87 bits per heavy atom. The van der Waals surface area contributed by atoms with Crippen molar-refractivity contribution in [2.45, 2.75) is 4.90 Å². The van der Waals surface area contributed by atoms with Crippen molar-refractivity contribution >= 4 is 33.2 Å². The zero-order valence-electron chi connectivity index (χ0n) is 12.5. The van der Waals surface area contributed by atoms with Crippen molar-refractivity contribution in [3.8, 4) is 5.75 Å². The lowest BCUT2D eigenvalue weighted by Crippen LogP contribution is -2.19. The van der Waals surface area contributed by atoms with Gasteiger partial charge in [0.1, 0.15) is 10.6 Å². The first-order chi connectivity index (χ1) is 10.9. The first-order valence-electron chi connectivity index (χ1n) is 6.56. The summed E-state index contributed by atoms with van der Waals surface area (Å²) in [5.74, 6) is -0.0370. The molecular weight excluding hydrogens is 340 g/mol. The molecule has 0 saturated heterocycles. The highest BCUT2D eigenvalue weighted by atomic mass is 35.5. The molecule has 0 atom stereocenters. The van der Waals surface area contributed by atoms with E-state index < -0.39 is 15.9 Å². The maximum atomic E-state index is 12.6. The molecule has 0 spiro atoms. The maximum Gasteiger partial charge on any atom is 0.263 e. The zero-order chi connectivity index (χ0) is 17.0. The number of methoxy groups -OCH3 is 1. The molecule has 0 aliphatic heterocycles. The summed E-state index contributed by atoms with van der Waals surface area (Å²) >= 11 is 5.99. The predicted molar refractivity (Wildman–Crippen MR) is 88.6 cm³/mol. The van der Waals surface area contributed by atoms with E-state index in [0.717, 1.165) is 0 Å². The van der Waals surface area contributed by atoms with Crippen LogP contribution < -0.4 is 14.8 Å². The van der Waals surface area contributed by atoms with Gasteiger partial charge in [-0.1, -0.05) is 23.7 Å². The normalized spacial score (nSPS) is 10.9. The summed E-state index contributed by atoms with van der Waals surface area (Å²) in [5, 5.41) is 2.44. The molecule has 0 saturated carbocycles. The fraction of sp³-hybridized carbons (Fsp3) is 0.133. The van der Waals surface area contributed by atoms with Crippen molar-refractivity contribution in [1.29, 1.82) is 0 Å². The number of anilines is 1. The standard InChI is InChI=1S/C15H15ClN2O4S/c1-17-15(19)10-7-8-11(16)14(9-10)23(20,21)18-12-5-3-4-6-13(12)22-2/h3-9,18H,1-2H3,(H,17,19). The average molecular weight is 355 g/mol. The van der Waals surface area contributed by atoms with E-state index in [1.165, 1.54) is 32.4 Å². The molecule has 0 aliphatic rings. The maximum absolute atomic E-state index is 12.6. The number of carbonyl (C=O) groups is 1. The average Bonchev–Trinajstić information content (AvgIpc) is 2.54. The monoisotopic (exact) mass is 354 g/mol. The van der Waals surface area contributed by atoms with Gasteiger partial charge < -0.3 is 10.1 Å². The lowest BCUT2D eigenvalue weighted by molar-refractivity contribution is 0.0963. The summed E-state index contributed by atoms with van der Waals surface area (Å²) in [7, 11) is -1.09. The Morgan fingerprint density at radius 3 is 2.52 bits per heavy atom. The highest BCUT2D eigenvalue weighted by Crippen LogP contribution is 2.29. The summed E-state index contributed by atoms with van der Waals surface area (Å²) in [6.45, 7) is 0. The number of nitrogens with one attached hydrogen (secondary N) is 2. The Kier molecular flexibility index (Phi) is 5.12. The van der Waals surface area contributed by atoms with Crippen LogP contribution in [-0.4, -0.2) is 28.5 Å². The first-order valence-corrected chi connectivity index (χ1v) is 8.42. The summed E-state index contributed by atoms with van der Waals surface area (Å²) in [6, 6.07) is 10.6. The van der Waals surface area contributed by atoms with E-state index in [1.54, 1.807) is 24.3 Å². The highest BCUT2D eigenvalue weighted by molar-refractivity contribution is 7.92. The molecule has 1 amide bonds. The number of hydrogen-bond donors (Lipinski definition) is 2. The van der Waals surface area contributed by atoms with Gasteiger partial charge in [-0.25, -0.2) is 8.42 Å². The molecule has 2 N–H and O–H groups in total. The second-order valence-electron chi connectivity index (χ2n) is 4.53. The zero-order valence-corrected chi connectivity index (χ0v) is 14.0. The van der Waals surface area contributed by atoms with Gasteiger partial charge in [-0.3, -0.25) is 9.52 Å². The largest absolute Gasteiger partial charge is 0.495 e. The number of ether oxygens (including phenoxy) is 1. The Hall–Kier alpha value is -2.25. The number of para-hydroxylation sites is 2. The van der Waals surface area contributed by atoms with Crippen LogP contribution in [0.3, 0.4) is 0 Å². The van der Waals surface area contributed by atoms with Crippen LogP contribution >= 0.6 is 11.6 Å². The SMILES string of the molecule is CNC(=O)c1ccc(Cl)c(S(=O)(=O)Nc2ccccc2OC)c1. The molecule has 0 aliphatic carbocycles. The van der Waals surface area contributed by atoms with Crippen molar-refractivity contribution in [2.75, 3.05) is 18.9 Å². The number of benzene rings is 2. The summed E-state index contributed by atoms with van der Waals surface area (Å²) in [5.41, 5.74) is 0.466. The quantitative estimate of drug-likeness (QED) is 0.864. The van der Waals surface area contributed by atoms with Gasteiger partial charge in [-0.2, -0.15) is 0 Å². The van der Waals surface area contributed by atoms with Crippen LogP contribution in [0, 0.1) is 0 Å². The van der Waals surface area contributed by atoms with E-state index >= 15 is 0 Å². The van der Waals surface area contributed by atoms with Crippen LogP contribution in [0.5, 0.6) is 5.75 Å². The van der Waals surface area contributed by atoms with Crippen molar-refractivity contribution in [3.63, 3.8) is 0 Å². The van der Waals surface area contributed by atoms with Crippen molar-refractivity contribution in [2.24, 2.45) is 0 Å². The van der Waals surface area contributed by atoms with Gasteiger partial charge in [-0.05, 0) is 30.3 Å². The molecule has 122 valence electrons. The molecule has 2 aromatic carbocycles. The van der Waals surface area contributed by atoms with E-state index in [2.05, 4.69) is 10.0 Å². The molecule has 2 rings (SSSR count). The third-order valence-corrected chi connectivity index (χ3v) is 4.91. The van der Waals surface area contributed by atoms with Gasteiger partial charge in [0.05, 0.1) is 17.8 Å². The van der Waals surface area contributed by atoms with Crippen LogP contribution in [0.25, 0.3) is 0 Å². The van der Waals surface area contributed by atoms with E-state index in [9.17, 15) is 13.2 Å². The van der Waals surface area contributed by atoms with Crippen LogP contribution in [0.2, 0.25) is 5.02 Å². The smallest absolute Gasteiger partial charge is 0.263 e. The lowest BCUT2D eigenvalue weighted by atomic mass is 10.2. The Balaban J connectivity index is 2.45. The molecule has 0 aromatic heterocycles. The summed E-state index contributed by atoms with van der Waals surface area (Å²) < 4.78 is 32.7. The molecule has 8 heteroatoms.